The fraction of sp³-hybridized carbons (Fsp3) is 0.176. The normalized spacial score (nSPS) is 10.7. The highest BCUT2D eigenvalue weighted by Gasteiger charge is 2.19. The Morgan fingerprint density at radius 2 is 2.08 bits per heavy atom. The molecule has 26 heavy (non-hydrogen) atoms. The zero-order chi connectivity index (χ0) is 18.8. The molecule has 2 aromatic heterocycles. The van der Waals surface area contributed by atoms with Gasteiger partial charge in [0.25, 0.3) is 5.56 Å². The first-order valence-electron chi connectivity index (χ1n) is 7.57. The van der Waals surface area contributed by atoms with E-state index in [1.165, 1.54) is 12.5 Å². The fourth-order valence-electron chi connectivity index (χ4n) is 2.55. The van der Waals surface area contributed by atoms with E-state index in [2.05, 4.69) is 10.3 Å². The zero-order valence-corrected chi connectivity index (χ0v) is 14.8. The van der Waals surface area contributed by atoms with Gasteiger partial charge in [-0.05, 0) is 19.1 Å². The van der Waals surface area contributed by atoms with E-state index in [1.54, 1.807) is 31.2 Å². The van der Waals surface area contributed by atoms with Gasteiger partial charge in [-0.1, -0.05) is 12.1 Å². The molecule has 1 amide bonds. The maximum absolute atomic E-state index is 12.7. The molecule has 3 aromatic rings. The van der Waals surface area contributed by atoms with Crippen molar-refractivity contribution in [2.24, 2.45) is 0 Å². The number of para-hydroxylation sites is 2. The Morgan fingerprint density at radius 3 is 2.77 bits per heavy atom. The van der Waals surface area contributed by atoms with E-state index in [0.717, 1.165) is 15.9 Å². The van der Waals surface area contributed by atoms with Crippen molar-refractivity contribution in [3.05, 3.63) is 51.4 Å². The third-order valence-electron chi connectivity index (χ3n) is 3.80. The molecule has 2 N–H and O–H groups in total. The number of thiophene rings is 1. The Kier molecular flexibility index (Phi) is 4.72. The lowest BCUT2D eigenvalue weighted by Crippen LogP contribution is -2.30. The molecule has 1 aromatic carbocycles. The number of carbonyl (C=O) groups excluding carboxylic acids is 1. The summed E-state index contributed by atoms with van der Waals surface area (Å²) in [7, 11) is 1.49. The SMILES string of the molecule is COc1ccccc1NC(=O)Cn1c(C)nc2scc(C(=O)O)c2c1=O. The number of aromatic carboxylic acids is 1. The number of aryl methyl sites for hydroxylation is 1. The number of methoxy groups -OCH3 is 1. The lowest BCUT2D eigenvalue weighted by Gasteiger charge is -2.12. The van der Waals surface area contributed by atoms with E-state index < -0.39 is 17.4 Å². The molecule has 0 saturated heterocycles. The van der Waals surface area contributed by atoms with Gasteiger partial charge in [-0.25, -0.2) is 9.78 Å². The first kappa shape index (κ1) is 17.6. The van der Waals surface area contributed by atoms with Crippen LogP contribution in [-0.4, -0.2) is 33.6 Å². The highest BCUT2D eigenvalue weighted by molar-refractivity contribution is 7.17. The topological polar surface area (TPSA) is 111 Å². The molecule has 134 valence electrons. The van der Waals surface area contributed by atoms with Crippen molar-refractivity contribution in [3.8, 4) is 5.75 Å². The van der Waals surface area contributed by atoms with Crippen LogP contribution in [0.25, 0.3) is 10.2 Å². The first-order chi connectivity index (χ1) is 12.4. The van der Waals surface area contributed by atoms with Crippen LogP contribution in [0.3, 0.4) is 0 Å². The average Bonchev–Trinajstić information content (AvgIpc) is 3.03. The summed E-state index contributed by atoms with van der Waals surface area (Å²) in [5.41, 5.74) is -0.191. The summed E-state index contributed by atoms with van der Waals surface area (Å²) in [5.74, 6) is -0.835. The number of nitrogens with zero attached hydrogens (tertiary/aromatic N) is 2. The number of carboxylic acids is 1. The van der Waals surface area contributed by atoms with Gasteiger partial charge in [0.05, 0.1) is 23.7 Å². The van der Waals surface area contributed by atoms with Crippen LogP contribution < -0.4 is 15.6 Å². The average molecular weight is 373 g/mol. The van der Waals surface area contributed by atoms with Gasteiger partial charge in [0.15, 0.2) is 0 Å². The van der Waals surface area contributed by atoms with Crippen molar-refractivity contribution in [2.45, 2.75) is 13.5 Å². The number of ether oxygens (including phenoxy) is 1. The number of fused-ring (bicyclic) bond motifs is 1. The standard InChI is InChI=1S/C17H15N3O5S/c1-9-18-15-14(10(8-26-15)17(23)24)16(22)20(9)7-13(21)19-11-5-3-4-6-12(11)25-2/h3-6,8H,7H2,1-2H3,(H,19,21)(H,23,24). The minimum atomic E-state index is -1.20. The molecule has 0 aliphatic carbocycles. The number of rotatable bonds is 5. The summed E-state index contributed by atoms with van der Waals surface area (Å²) in [6.45, 7) is 1.30. The van der Waals surface area contributed by atoms with Crippen LogP contribution in [-0.2, 0) is 11.3 Å². The second-order valence-corrected chi connectivity index (χ2v) is 6.29. The molecule has 9 heteroatoms. The molecule has 2 heterocycles. The summed E-state index contributed by atoms with van der Waals surface area (Å²) < 4.78 is 6.33. The Balaban J connectivity index is 1.95. The van der Waals surface area contributed by atoms with Crippen molar-refractivity contribution < 1.29 is 19.4 Å². The molecule has 0 saturated carbocycles. The summed E-state index contributed by atoms with van der Waals surface area (Å²) in [4.78, 5) is 41.0. The molecule has 8 nitrogen and oxygen atoms in total. The molecule has 0 aliphatic heterocycles. The quantitative estimate of drug-likeness (QED) is 0.709. The Bertz CT molecular complexity index is 1070. The highest BCUT2D eigenvalue weighted by Crippen LogP contribution is 2.23. The van der Waals surface area contributed by atoms with Gasteiger partial charge in [-0.3, -0.25) is 14.2 Å². The fourth-order valence-corrected chi connectivity index (χ4v) is 3.50. The van der Waals surface area contributed by atoms with Gasteiger partial charge < -0.3 is 15.2 Å². The lowest BCUT2D eigenvalue weighted by molar-refractivity contribution is -0.116. The molecule has 0 atom stereocenters. The molecule has 0 aliphatic rings. The zero-order valence-electron chi connectivity index (χ0n) is 14.0. The van der Waals surface area contributed by atoms with E-state index in [4.69, 9.17) is 4.74 Å². The Morgan fingerprint density at radius 1 is 1.35 bits per heavy atom. The van der Waals surface area contributed by atoms with Gasteiger partial charge >= 0.3 is 5.97 Å². The number of carbonyl (C=O) groups is 2. The number of nitrogens with one attached hydrogen (secondary N) is 1. The van der Waals surface area contributed by atoms with Crippen molar-refractivity contribution in [1.82, 2.24) is 9.55 Å². The summed E-state index contributed by atoms with van der Waals surface area (Å²) in [6.07, 6.45) is 0. The maximum atomic E-state index is 12.7. The molecular weight excluding hydrogens is 358 g/mol. The van der Waals surface area contributed by atoms with Crippen molar-refractivity contribution >= 4 is 39.1 Å². The minimum absolute atomic E-state index is 0.0122. The molecule has 0 bridgehead atoms. The van der Waals surface area contributed by atoms with Crippen molar-refractivity contribution in [1.29, 1.82) is 0 Å². The predicted octanol–water partition coefficient (Wildman–Crippen LogP) is 2.11. The van der Waals surface area contributed by atoms with Gasteiger partial charge in [-0.2, -0.15) is 0 Å². The second kappa shape index (κ2) is 6.96. The van der Waals surface area contributed by atoms with Crippen LogP contribution in [0.5, 0.6) is 5.75 Å². The third-order valence-corrected chi connectivity index (χ3v) is 4.67. The van der Waals surface area contributed by atoms with Crippen LogP contribution >= 0.6 is 11.3 Å². The van der Waals surface area contributed by atoms with Gasteiger partial charge in [0.1, 0.15) is 22.9 Å². The molecule has 3 rings (SSSR count). The number of aromatic nitrogens is 2. The lowest BCUT2D eigenvalue weighted by atomic mass is 10.2. The predicted molar refractivity (Wildman–Crippen MR) is 97.2 cm³/mol. The number of hydrogen-bond donors (Lipinski definition) is 2. The number of amides is 1. The van der Waals surface area contributed by atoms with E-state index in [1.807, 2.05) is 0 Å². The number of benzene rings is 1. The molecule has 0 fully saturated rings. The molecule has 0 spiro atoms. The molecule has 0 radical (unpaired) electrons. The van der Waals surface area contributed by atoms with E-state index in [0.29, 0.717) is 22.1 Å². The highest BCUT2D eigenvalue weighted by atomic mass is 32.1. The smallest absolute Gasteiger partial charge is 0.337 e. The number of anilines is 1. The molecular formula is C17H15N3O5S. The Labute approximate surface area is 151 Å². The van der Waals surface area contributed by atoms with Gasteiger partial charge in [-0.15, -0.1) is 11.3 Å². The Hall–Kier alpha value is -3.20. The van der Waals surface area contributed by atoms with E-state index in [9.17, 15) is 19.5 Å². The van der Waals surface area contributed by atoms with Gasteiger partial charge in [0, 0.05) is 5.38 Å². The third kappa shape index (κ3) is 3.16. The second-order valence-electron chi connectivity index (χ2n) is 5.43. The van der Waals surface area contributed by atoms with E-state index >= 15 is 0 Å². The van der Waals surface area contributed by atoms with Crippen LogP contribution in [0, 0.1) is 6.92 Å². The largest absolute Gasteiger partial charge is 0.495 e. The first-order valence-corrected chi connectivity index (χ1v) is 8.45. The van der Waals surface area contributed by atoms with Gasteiger partial charge in [0.2, 0.25) is 5.91 Å². The van der Waals surface area contributed by atoms with Crippen LogP contribution in [0.4, 0.5) is 5.69 Å². The summed E-state index contributed by atoms with van der Waals surface area (Å²) >= 11 is 1.08. The summed E-state index contributed by atoms with van der Waals surface area (Å²) in [6, 6.07) is 6.89. The van der Waals surface area contributed by atoms with E-state index in [-0.39, 0.29) is 17.5 Å². The maximum Gasteiger partial charge on any atom is 0.337 e. The van der Waals surface area contributed by atoms with Crippen LogP contribution in [0.2, 0.25) is 0 Å². The van der Waals surface area contributed by atoms with Crippen LogP contribution in [0.1, 0.15) is 16.2 Å². The molecule has 0 unspecified atom stereocenters. The number of carboxylic acid groups (broad SMARTS) is 1. The minimum Gasteiger partial charge on any atom is -0.495 e. The van der Waals surface area contributed by atoms with Crippen molar-refractivity contribution in [2.75, 3.05) is 12.4 Å². The summed E-state index contributed by atoms with van der Waals surface area (Å²) in [5, 5.41) is 13.3. The number of hydrogen-bond acceptors (Lipinski definition) is 6. The monoisotopic (exact) mass is 373 g/mol. The van der Waals surface area contributed by atoms with Crippen molar-refractivity contribution in [3.63, 3.8) is 0 Å². The van der Waals surface area contributed by atoms with Crippen LogP contribution in [0.15, 0.2) is 34.4 Å².